The van der Waals surface area contributed by atoms with Crippen LogP contribution in [0.1, 0.15) is 13.8 Å². The smallest absolute Gasteiger partial charge is 0.318 e. The molecule has 54 valence electrons. The van der Waals surface area contributed by atoms with E-state index in [1.807, 2.05) is 0 Å². The molecule has 1 atom stereocenters. The molecule has 0 aromatic heterocycles. The standard InChI is InChI=1S/C5H10FNO2/c1-3(2)4(7)5(8)9-6/h3-4H,7H2,1-2H3/t4-/m0/s1. The Morgan fingerprint density at radius 2 is 2.11 bits per heavy atom. The van der Waals surface area contributed by atoms with Crippen LogP contribution in [0.3, 0.4) is 0 Å². The van der Waals surface area contributed by atoms with Crippen molar-refractivity contribution in [2.75, 3.05) is 0 Å². The normalized spacial score (nSPS) is 13.4. The second-order valence-electron chi connectivity index (χ2n) is 2.17. The van der Waals surface area contributed by atoms with Crippen molar-refractivity contribution in [1.29, 1.82) is 0 Å². The molecular formula is C5H10FNO2. The molecule has 3 nitrogen and oxygen atoms in total. The second-order valence-corrected chi connectivity index (χ2v) is 2.17. The van der Waals surface area contributed by atoms with E-state index in [9.17, 15) is 9.32 Å². The number of nitrogens with two attached hydrogens (primary N) is 1. The van der Waals surface area contributed by atoms with Crippen LogP contribution in [-0.2, 0) is 9.74 Å². The Balaban J connectivity index is 3.72. The lowest BCUT2D eigenvalue weighted by molar-refractivity contribution is -0.186. The van der Waals surface area contributed by atoms with E-state index in [0.29, 0.717) is 0 Å². The van der Waals surface area contributed by atoms with Crippen LogP contribution in [0.5, 0.6) is 0 Å². The fourth-order valence-corrected chi connectivity index (χ4v) is 0.324. The highest BCUT2D eigenvalue weighted by Crippen LogP contribution is 1.99. The zero-order chi connectivity index (χ0) is 7.44. The molecular weight excluding hydrogens is 125 g/mol. The average molecular weight is 135 g/mol. The minimum absolute atomic E-state index is 0.0896. The summed E-state index contributed by atoms with van der Waals surface area (Å²) in [7, 11) is 0. The summed E-state index contributed by atoms with van der Waals surface area (Å²) in [4.78, 5) is 13.1. The van der Waals surface area contributed by atoms with E-state index >= 15 is 0 Å². The fourth-order valence-electron chi connectivity index (χ4n) is 0.324. The van der Waals surface area contributed by atoms with Crippen molar-refractivity contribution in [3.8, 4) is 0 Å². The summed E-state index contributed by atoms with van der Waals surface area (Å²) in [5.74, 6) is -1.10. The van der Waals surface area contributed by atoms with E-state index in [0.717, 1.165) is 0 Å². The molecule has 0 unspecified atom stereocenters. The van der Waals surface area contributed by atoms with Gasteiger partial charge in [0.2, 0.25) is 0 Å². The first kappa shape index (κ1) is 8.36. The second kappa shape index (κ2) is 3.40. The van der Waals surface area contributed by atoms with Gasteiger partial charge in [-0.1, -0.05) is 13.8 Å². The molecule has 0 aromatic carbocycles. The molecule has 0 aliphatic carbocycles. The monoisotopic (exact) mass is 135 g/mol. The molecule has 0 amide bonds. The number of carbonyl (C=O) groups excluding carboxylic acids is 1. The number of rotatable bonds is 2. The topological polar surface area (TPSA) is 52.3 Å². The van der Waals surface area contributed by atoms with Gasteiger partial charge in [0, 0.05) is 4.53 Å². The van der Waals surface area contributed by atoms with Crippen LogP contribution in [0, 0.1) is 5.92 Å². The summed E-state index contributed by atoms with van der Waals surface area (Å²) < 4.78 is 11.1. The predicted molar refractivity (Wildman–Crippen MR) is 30.0 cm³/mol. The Bertz CT molecular complexity index is 105. The summed E-state index contributed by atoms with van der Waals surface area (Å²) in [6, 6.07) is -0.852. The summed E-state index contributed by atoms with van der Waals surface area (Å²) >= 11 is 0. The van der Waals surface area contributed by atoms with Crippen LogP contribution in [0.4, 0.5) is 4.53 Å². The van der Waals surface area contributed by atoms with Gasteiger partial charge in [-0.15, -0.1) is 0 Å². The highest BCUT2D eigenvalue weighted by atomic mass is 19.3. The molecule has 0 radical (unpaired) electrons. The quantitative estimate of drug-likeness (QED) is 0.596. The Hall–Kier alpha value is -0.640. The molecule has 0 aliphatic rings. The molecule has 0 heterocycles. The molecule has 0 fully saturated rings. The van der Waals surface area contributed by atoms with Gasteiger partial charge in [-0.25, -0.2) is 4.79 Å². The van der Waals surface area contributed by atoms with Gasteiger partial charge >= 0.3 is 5.97 Å². The maximum atomic E-state index is 11.1. The van der Waals surface area contributed by atoms with Crippen LogP contribution in [0.2, 0.25) is 0 Å². The van der Waals surface area contributed by atoms with E-state index in [1.54, 1.807) is 13.8 Å². The van der Waals surface area contributed by atoms with Crippen molar-refractivity contribution in [3.63, 3.8) is 0 Å². The highest BCUT2D eigenvalue weighted by molar-refractivity contribution is 5.75. The number of halogens is 1. The molecule has 9 heavy (non-hydrogen) atoms. The van der Waals surface area contributed by atoms with Gasteiger partial charge in [-0.2, -0.15) is 0 Å². The van der Waals surface area contributed by atoms with Crippen molar-refractivity contribution in [2.45, 2.75) is 19.9 Å². The Kier molecular flexibility index (Phi) is 3.16. The lowest BCUT2D eigenvalue weighted by atomic mass is 10.1. The summed E-state index contributed by atoms with van der Waals surface area (Å²) in [5.41, 5.74) is 5.16. The zero-order valence-electron chi connectivity index (χ0n) is 5.43. The molecule has 4 heteroatoms. The maximum Gasteiger partial charge on any atom is 0.365 e. The number of hydrogen-bond acceptors (Lipinski definition) is 3. The highest BCUT2D eigenvalue weighted by Gasteiger charge is 2.18. The van der Waals surface area contributed by atoms with E-state index in [4.69, 9.17) is 5.73 Å². The third-order valence-corrected chi connectivity index (χ3v) is 1.07. The van der Waals surface area contributed by atoms with Crippen LogP contribution < -0.4 is 5.73 Å². The van der Waals surface area contributed by atoms with Gasteiger partial charge in [0.05, 0.1) is 0 Å². The number of hydrogen-bond donors (Lipinski definition) is 1. The van der Waals surface area contributed by atoms with E-state index in [-0.39, 0.29) is 5.92 Å². The Labute approximate surface area is 52.9 Å². The van der Waals surface area contributed by atoms with Crippen LogP contribution in [-0.4, -0.2) is 12.0 Å². The summed E-state index contributed by atoms with van der Waals surface area (Å²) in [6.45, 7) is 3.42. The fraction of sp³-hybridized carbons (Fsp3) is 0.800. The van der Waals surface area contributed by atoms with Crippen molar-refractivity contribution in [1.82, 2.24) is 0 Å². The zero-order valence-corrected chi connectivity index (χ0v) is 5.43. The van der Waals surface area contributed by atoms with Crippen molar-refractivity contribution >= 4 is 5.97 Å². The molecule has 0 spiro atoms. The molecule has 0 aromatic rings. The third-order valence-electron chi connectivity index (χ3n) is 1.07. The Morgan fingerprint density at radius 3 is 2.22 bits per heavy atom. The summed E-state index contributed by atoms with van der Waals surface area (Å²) in [5, 5.41) is 0. The molecule has 0 aliphatic heterocycles. The van der Waals surface area contributed by atoms with Gasteiger partial charge in [0.15, 0.2) is 0 Å². The van der Waals surface area contributed by atoms with Gasteiger partial charge in [-0.05, 0) is 5.92 Å². The Morgan fingerprint density at radius 1 is 1.67 bits per heavy atom. The van der Waals surface area contributed by atoms with Gasteiger partial charge in [-0.3, -0.25) is 4.94 Å². The largest absolute Gasteiger partial charge is 0.365 e. The van der Waals surface area contributed by atoms with Gasteiger partial charge in [0.25, 0.3) is 0 Å². The molecule has 0 bridgehead atoms. The minimum Gasteiger partial charge on any atom is -0.318 e. The van der Waals surface area contributed by atoms with Crippen molar-refractivity contribution in [2.24, 2.45) is 11.7 Å². The van der Waals surface area contributed by atoms with E-state index in [2.05, 4.69) is 4.94 Å². The molecule has 0 saturated heterocycles. The third kappa shape index (κ3) is 2.41. The summed E-state index contributed by atoms with van der Waals surface area (Å²) in [6.07, 6.45) is 0. The first-order chi connectivity index (χ1) is 4.09. The molecule has 2 N–H and O–H groups in total. The SMILES string of the molecule is CC(C)[C@H](N)C(=O)OF. The predicted octanol–water partition coefficient (Wildman–Crippen LogP) is 0.397. The molecule has 0 saturated carbocycles. The average Bonchev–Trinajstić information content (AvgIpc) is 1.84. The van der Waals surface area contributed by atoms with E-state index in [1.165, 1.54) is 0 Å². The van der Waals surface area contributed by atoms with Crippen molar-refractivity contribution < 1.29 is 14.3 Å². The lowest BCUT2D eigenvalue weighted by Crippen LogP contribution is -2.35. The first-order valence-corrected chi connectivity index (χ1v) is 2.67. The van der Waals surface area contributed by atoms with Crippen molar-refractivity contribution in [3.05, 3.63) is 0 Å². The molecule has 0 rings (SSSR count). The van der Waals surface area contributed by atoms with Gasteiger partial charge in [0.1, 0.15) is 6.04 Å². The van der Waals surface area contributed by atoms with Gasteiger partial charge < -0.3 is 5.73 Å². The first-order valence-electron chi connectivity index (χ1n) is 2.67. The van der Waals surface area contributed by atoms with Crippen LogP contribution >= 0.6 is 0 Å². The van der Waals surface area contributed by atoms with Crippen LogP contribution in [0.25, 0.3) is 0 Å². The lowest BCUT2D eigenvalue weighted by Gasteiger charge is -2.08. The number of carbonyl (C=O) groups is 1. The van der Waals surface area contributed by atoms with Crippen LogP contribution in [0.15, 0.2) is 0 Å². The maximum absolute atomic E-state index is 11.1. The van der Waals surface area contributed by atoms with E-state index < -0.39 is 12.0 Å². The minimum atomic E-state index is -1.01.